The van der Waals surface area contributed by atoms with Crippen LogP contribution in [0.25, 0.3) is 5.76 Å². The van der Waals surface area contributed by atoms with Crippen molar-refractivity contribution in [2.75, 3.05) is 4.90 Å². The van der Waals surface area contributed by atoms with E-state index >= 15 is 0 Å². The maximum absolute atomic E-state index is 12.5. The fourth-order valence-corrected chi connectivity index (χ4v) is 3.13. The summed E-state index contributed by atoms with van der Waals surface area (Å²) in [6.45, 7) is 1.84. The maximum Gasteiger partial charge on any atom is 0.371 e. The Hall–Kier alpha value is -3.45. The van der Waals surface area contributed by atoms with E-state index in [4.69, 9.17) is 4.74 Å². The van der Waals surface area contributed by atoms with E-state index in [-0.39, 0.29) is 17.0 Å². The number of carbonyl (C=O) groups excluding carboxylic acids is 3. The highest BCUT2D eigenvalue weighted by Crippen LogP contribution is 2.46. The number of aryl methyl sites for hydroxylation is 1. The number of ether oxygens (including phenoxy) is 1. The summed E-state index contributed by atoms with van der Waals surface area (Å²) < 4.78 is 5.10. The molecule has 4 rings (SSSR count). The molecular weight excluding hydrogens is 338 g/mol. The molecule has 130 valence electrons. The predicted molar refractivity (Wildman–Crippen MR) is 90.2 cm³/mol. The third-order valence-corrected chi connectivity index (χ3v) is 4.45. The molecule has 1 atom stereocenters. The summed E-state index contributed by atoms with van der Waals surface area (Å²) in [6.07, 6.45) is 0. The first kappa shape index (κ1) is 16.0. The summed E-state index contributed by atoms with van der Waals surface area (Å²) in [5.74, 6) is -4.13. The number of benzene rings is 2. The zero-order chi connectivity index (χ0) is 18.6. The Morgan fingerprint density at radius 3 is 2.38 bits per heavy atom. The second-order valence-electron chi connectivity index (χ2n) is 6.09. The molecule has 7 nitrogen and oxygen atoms in total. The first-order valence-electron chi connectivity index (χ1n) is 7.79. The fraction of sp³-hybridized carbons (Fsp3) is 0.105. The quantitative estimate of drug-likeness (QED) is 0.265. The molecule has 0 bridgehead atoms. The third-order valence-electron chi connectivity index (χ3n) is 4.45. The summed E-state index contributed by atoms with van der Waals surface area (Å²) in [4.78, 5) is 38.2. The van der Waals surface area contributed by atoms with E-state index < -0.39 is 34.7 Å². The van der Waals surface area contributed by atoms with Crippen LogP contribution in [-0.4, -0.2) is 33.6 Å². The van der Waals surface area contributed by atoms with Gasteiger partial charge in [-0.25, -0.2) is 4.79 Å². The van der Waals surface area contributed by atoms with Gasteiger partial charge >= 0.3 is 11.9 Å². The number of carbonyl (C=O) groups is 3. The average molecular weight is 351 g/mol. The van der Waals surface area contributed by atoms with Crippen LogP contribution < -0.4 is 9.64 Å². The van der Waals surface area contributed by atoms with Crippen molar-refractivity contribution >= 4 is 29.1 Å². The number of aliphatic hydroxyl groups excluding tert-OH is 1. The molecule has 0 aliphatic carbocycles. The minimum Gasteiger partial charge on any atom is -0.507 e. The van der Waals surface area contributed by atoms with Gasteiger partial charge in [0.15, 0.2) is 5.75 Å². The van der Waals surface area contributed by atoms with Crippen LogP contribution >= 0.6 is 0 Å². The lowest BCUT2D eigenvalue weighted by Crippen LogP contribution is -2.57. The second-order valence-corrected chi connectivity index (χ2v) is 6.09. The van der Waals surface area contributed by atoms with Crippen LogP contribution in [0.1, 0.15) is 11.1 Å². The molecule has 2 aliphatic heterocycles. The monoisotopic (exact) mass is 351 g/mol. The van der Waals surface area contributed by atoms with Crippen LogP contribution in [0, 0.1) is 6.92 Å². The number of fused-ring (bicyclic) bond motifs is 3. The molecule has 2 N–H and O–H groups in total. The maximum atomic E-state index is 12.5. The number of ketones is 1. The lowest BCUT2D eigenvalue weighted by Gasteiger charge is -2.36. The number of rotatable bonds is 1. The van der Waals surface area contributed by atoms with E-state index in [1.54, 1.807) is 24.3 Å². The van der Waals surface area contributed by atoms with Gasteiger partial charge < -0.3 is 14.9 Å². The van der Waals surface area contributed by atoms with Gasteiger partial charge in [0.2, 0.25) is 0 Å². The average Bonchev–Trinajstić information content (AvgIpc) is 2.83. The van der Waals surface area contributed by atoms with Gasteiger partial charge in [-0.15, -0.1) is 0 Å². The zero-order valence-corrected chi connectivity index (χ0v) is 13.6. The molecule has 1 saturated heterocycles. The standard InChI is InChI=1S/C19H13NO6/c1-10-6-8-11(9-7-10)15(21)14-16(22)17(23)20-12-4-2-3-5-13(12)26-18(24)19(14,20)25/h2-9,21,25H,1H3/t19-/m1/s1. The number of amides is 1. The number of hydrogen-bond donors (Lipinski definition) is 2. The molecule has 7 heteroatoms. The summed E-state index contributed by atoms with van der Waals surface area (Å²) >= 11 is 0. The minimum absolute atomic E-state index is 0.0411. The Morgan fingerprint density at radius 1 is 1.04 bits per heavy atom. The summed E-state index contributed by atoms with van der Waals surface area (Å²) in [5.41, 5.74) is -2.27. The largest absolute Gasteiger partial charge is 0.507 e. The van der Waals surface area contributed by atoms with Crippen molar-refractivity contribution in [3.8, 4) is 5.75 Å². The predicted octanol–water partition coefficient (Wildman–Crippen LogP) is 1.49. The smallest absolute Gasteiger partial charge is 0.371 e. The molecule has 1 amide bonds. The van der Waals surface area contributed by atoms with E-state index in [0.29, 0.717) is 4.90 Å². The van der Waals surface area contributed by atoms with Crippen LogP contribution in [0.15, 0.2) is 54.1 Å². The van der Waals surface area contributed by atoms with Crippen molar-refractivity contribution in [1.82, 2.24) is 0 Å². The summed E-state index contributed by atoms with van der Waals surface area (Å²) in [6, 6.07) is 12.4. The van der Waals surface area contributed by atoms with Gasteiger partial charge in [0.25, 0.3) is 11.5 Å². The SMILES string of the molecule is Cc1ccc(C(O)=C2C(=O)C(=O)N3c4ccccc4OC(=O)[C@]23O)cc1. The Labute approximate surface area is 147 Å². The van der Waals surface area contributed by atoms with Crippen LogP contribution in [0.2, 0.25) is 0 Å². The van der Waals surface area contributed by atoms with Gasteiger partial charge in [0.1, 0.15) is 11.3 Å². The molecule has 1 fully saturated rings. The molecule has 2 aliphatic rings. The Bertz CT molecular complexity index is 1010. The number of hydrogen-bond acceptors (Lipinski definition) is 6. The molecule has 0 unspecified atom stereocenters. The topological polar surface area (TPSA) is 104 Å². The van der Waals surface area contributed by atoms with E-state index in [9.17, 15) is 24.6 Å². The normalized spacial score (nSPS) is 23.5. The molecule has 2 aromatic rings. The lowest BCUT2D eigenvalue weighted by atomic mass is 9.96. The molecule has 0 radical (unpaired) electrons. The van der Waals surface area contributed by atoms with Crippen molar-refractivity contribution in [2.24, 2.45) is 0 Å². The van der Waals surface area contributed by atoms with Gasteiger partial charge in [-0.3, -0.25) is 14.5 Å². The Balaban J connectivity index is 1.97. The van der Waals surface area contributed by atoms with Crippen LogP contribution in [-0.2, 0) is 14.4 Å². The molecule has 0 saturated carbocycles. The number of aliphatic hydroxyl groups is 2. The zero-order valence-electron chi connectivity index (χ0n) is 13.6. The van der Waals surface area contributed by atoms with Crippen molar-refractivity contribution in [1.29, 1.82) is 0 Å². The van der Waals surface area contributed by atoms with Crippen molar-refractivity contribution < 1.29 is 29.3 Å². The third kappa shape index (κ3) is 1.94. The van der Waals surface area contributed by atoms with Crippen molar-refractivity contribution in [3.05, 3.63) is 65.2 Å². The van der Waals surface area contributed by atoms with E-state index in [0.717, 1.165) is 5.56 Å². The molecule has 0 aromatic heterocycles. The minimum atomic E-state index is -2.72. The van der Waals surface area contributed by atoms with Gasteiger partial charge in [-0.2, -0.15) is 0 Å². The van der Waals surface area contributed by atoms with Crippen molar-refractivity contribution in [3.63, 3.8) is 0 Å². The second kappa shape index (κ2) is 5.27. The van der Waals surface area contributed by atoms with Gasteiger partial charge in [0.05, 0.1) is 5.69 Å². The Kier molecular flexibility index (Phi) is 3.25. The molecule has 2 aromatic carbocycles. The van der Waals surface area contributed by atoms with E-state index in [1.807, 2.05) is 6.92 Å². The number of nitrogens with zero attached hydrogens (tertiary/aromatic N) is 1. The van der Waals surface area contributed by atoms with Crippen LogP contribution in [0.5, 0.6) is 5.75 Å². The molecule has 26 heavy (non-hydrogen) atoms. The molecular formula is C19H13NO6. The summed E-state index contributed by atoms with van der Waals surface area (Å²) in [5, 5.41) is 21.6. The highest BCUT2D eigenvalue weighted by Gasteiger charge is 2.65. The van der Waals surface area contributed by atoms with Crippen LogP contribution in [0.3, 0.4) is 0 Å². The highest BCUT2D eigenvalue weighted by molar-refractivity contribution is 6.54. The van der Waals surface area contributed by atoms with Crippen molar-refractivity contribution in [2.45, 2.75) is 12.6 Å². The van der Waals surface area contributed by atoms with Crippen LogP contribution in [0.4, 0.5) is 5.69 Å². The first-order chi connectivity index (χ1) is 12.4. The lowest BCUT2D eigenvalue weighted by molar-refractivity contribution is -0.153. The van der Waals surface area contributed by atoms with E-state index in [2.05, 4.69) is 0 Å². The fourth-order valence-electron chi connectivity index (χ4n) is 3.13. The number of esters is 1. The summed E-state index contributed by atoms with van der Waals surface area (Å²) in [7, 11) is 0. The molecule has 2 heterocycles. The number of Topliss-reactive ketones (excluding diaryl/α,β-unsaturated/α-hetero) is 1. The number of anilines is 1. The Morgan fingerprint density at radius 2 is 1.69 bits per heavy atom. The van der Waals surface area contributed by atoms with Gasteiger partial charge in [0, 0.05) is 5.56 Å². The molecule has 0 spiro atoms. The highest BCUT2D eigenvalue weighted by atomic mass is 16.6. The van der Waals surface area contributed by atoms with Gasteiger partial charge in [-0.05, 0) is 19.1 Å². The first-order valence-corrected chi connectivity index (χ1v) is 7.79. The number of para-hydroxylation sites is 2. The van der Waals surface area contributed by atoms with Gasteiger partial charge in [-0.1, -0.05) is 42.0 Å². The van der Waals surface area contributed by atoms with E-state index in [1.165, 1.54) is 24.3 Å².